The molecule has 0 amide bonds. The molecule has 0 aromatic heterocycles. The fourth-order valence-electron chi connectivity index (χ4n) is 3.40. The second-order valence-corrected chi connectivity index (χ2v) is 6.33. The van der Waals surface area contributed by atoms with E-state index in [1.165, 1.54) is 11.1 Å². The van der Waals surface area contributed by atoms with Crippen LogP contribution in [0.3, 0.4) is 0 Å². The number of rotatable bonds is 1. The van der Waals surface area contributed by atoms with Gasteiger partial charge in [0.2, 0.25) is 0 Å². The lowest BCUT2D eigenvalue weighted by atomic mass is 9.97. The van der Waals surface area contributed by atoms with E-state index in [9.17, 15) is 0 Å². The highest BCUT2D eigenvalue weighted by Crippen LogP contribution is 2.41. The van der Waals surface area contributed by atoms with Crippen LogP contribution in [0, 0.1) is 0 Å². The number of hydrogen-bond donors (Lipinski definition) is 1. The third-order valence-electron chi connectivity index (χ3n) is 4.53. The molecular formula is C18H21Cl3N2O. The molecule has 2 heterocycles. The van der Waals surface area contributed by atoms with E-state index in [1.807, 2.05) is 24.3 Å². The van der Waals surface area contributed by atoms with Gasteiger partial charge in [-0.2, -0.15) is 0 Å². The number of hydrogen-bond acceptors (Lipinski definition) is 3. The van der Waals surface area contributed by atoms with Gasteiger partial charge in [0.15, 0.2) is 0 Å². The van der Waals surface area contributed by atoms with Crippen molar-refractivity contribution in [3.8, 4) is 11.5 Å². The number of benzene rings is 2. The molecule has 4 rings (SSSR count). The number of nitrogens with one attached hydrogen (secondary N) is 1. The lowest BCUT2D eigenvalue weighted by Crippen LogP contribution is -2.45. The molecule has 0 aliphatic carbocycles. The molecule has 1 fully saturated rings. The average Bonchev–Trinajstić information content (AvgIpc) is 2.72. The minimum atomic E-state index is 0. The first-order chi connectivity index (χ1) is 10.8. The maximum absolute atomic E-state index is 6.26. The lowest BCUT2D eigenvalue weighted by Gasteiger charge is -2.35. The fourth-order valence-corrected chi connectivity index (χ4v) is 3.58. The van der Waals surface area contributed by atoms with E-state index in [1.54, 1.807) is 0 Å². The minimum absolute atomic E-state index is 0. The third-order valence-corrected chi connectivity index (χ3v) is 4.76. The molecule has 1 N–H and O–H groups in total. The molecule has 1 atom stereocenters. The van der Waals surface area contributed by atoms with Gasteiger partial charge in [0.25, 0.3) is 0 Å². The van der Waals surface area contributed by atoms with Crippen LogP contribution < -0.4 is 10.1 Å². The zero-order valence-corrected chi connectivity index (χ0v) is 15.6. The van der Waals surface area contributed by atoms with Crippen molar-refractivity contribution in [3.05, 3.63) is 58.6 Å². The summed E-state index contributed by atoms with van der Waals surface area (Å²) in [6.45, 7) is 4.18. The molecule has 3 nitrogen and oxygen atoms in total. The summed E-state index contributed by atoms with van der Waals surface area (Å²) < 4.78 is 6.18. The van der Waals surface area contributed by atoms with Gasteiger partial charge in [-0.1, -0.05) is 29.8 Å². The van der Waals surface area contributed by atoms with Gasteiger partial charge in [-0.15, -0.1) is 24.8 Å². The average molecular weight is 388 g/mol. The van der Waals surface area contributed by atoms with Crippen molar-refractivity contribution < 1.29 is 4.74 Å². The molecule has 2 aliphatic rings. The maximum atomic E-state index is 6.26. The first-order valence-corrected chi connectivity index (χ1v) is 8.19. The molecule has 24 heavy (non-hydrogen) atoms. The number of ether oxygens (including phenoxy) is 1. The van der Waals surface area contributed by atoms with Crippen LogP contribution in [-0.4, -0.2) is 31.1 Å². The first-order valence-electron chi connectivity index (χ1n) is 7.81. The Hall–Kier alpha value is -0.970. The van der Waals surface area contributed by atoms with Crippen LogP contribution in [0.25, 0.3) is 0 Å². The van der Waals surface area contributed by atoms with Crippen molar-refractivity contribution in [2.75, 3.05) is 26.2 Å². The van der Waals surface area contributed by atoms with Gasteiger partial charge in [0.05, 0.1) is 0 Å². The van der Waals surface area contributed by atoms with Gasteiger partial charge in [0.1, 0.15) is 11.5 Å². The molecule has 0 saturated carbocycles. The summed E-state index contributed by atoms with van der Waals surface area (Å²) in [6, 6.07) is 14.6. The molecule has 2 aliphatic heterocycles. The number of nitrogens with zero attached hydrogens (tertiary/aromatic N) is 1. The van der Waals surface area contributed by atoms with Crippen LogP contribution in [0.15, 0.2) is 42.5 Å². The van der Waals surface area contributed by atoms with Crippen molar-refractivity contribution in [3.63, 3.8) is 0 Å². The maximum Gasteiger partial charge on any atom is 0.132 e. The van der Waals surface area contributed by atoms with Crippen LogP contribution in [0.5, 0.6) is 11.5 Å². The van der Waals surface area contributed by atoms with Crippen molar-refractivity contribution in [2.24, 2.45) is 0 Å². The molecule has 1 saturated heterocycles. The minimum Gasteiger partial charge on any atom is -0.457 e. The van der Waals surface area contributed by atoms with E-state index >= 15 is 0 Å². The highest BCUT2D eigenvalue weighted by atomic mass is 35.5. The highest BCUT2D eigenvalue weighted by molar-refractivity contribution is 6.30. The normalized spacial score (nSPS) is 19.6. The van der Waals surface area contributed by atoms with Gasteiger partial charge >= 0.3 is 0 Å². The third kappa shape index (κ3) is 3.81. The highest BCUT2D eigenvalue weighted by Gasteiger charge is 2.29. The summed E-state index contributed by atoms with van der Waals surface area (Å²) in [5.74, 6) is 1.89. The van der Waals surface area contributed by atoms with E-state index in [-0.39, 0.29) is 24.8 Å². The number of halogens is 3. The SMILES string of the molecule is Cl.Cl.Clc1ccc2c(c1)C(N1CCNCC1)Cc1ccccc1O2. The molecule has 0 radical (unpaired) electrons. The second kappa shape index (κ2) is 8.41. The predicted octanol–water partition coefficient (Wildman–Crippen LogP) is 4.48. The zero-order valence-electron chi connectivity index (χ0n) is 13.2. The lowest BCUT2D eigenvalue weighted by molar-refractivity contribution is 0.172. The zero-order chi connectivity index (χ0) is 14.9. The Balaban J connectivity index is 0.00000104. The topological polar surface area (TPSA) is 24.5 Å². The van der Waals surface area contributed by atoms with Crippen LogP contribution in [-0.2, 0) is 6.42 Å². The molecule has 1 unspecified atom stereocenters. The van der Waals surface area contributed by atoms with E-state index < -0.39 is 0 Å². The summed E-state index contributed by atoms with van der Waals surface area (Å²) >= 11 is 6.26. The summed E-state index contributed by atoms with van der Waals surface area (Å²) in [7, 11) is 0. The smallest absolute Gasteiger partial charge is 0.132 e. The Labute approximate surface area is 160 Å². The molecule has 2 aromatic rings. The number of para-hydroxylation sites is 1. The van der Waals surface area contributed by atoms with Gasteiger partial charge < -0.3 is 10.1 Å². The molecule has 130 valence electrons. The molecular weight excluding hydrogens is 367 g/mol. The van der Waals surface area contributed by atoms with E-state index in [2.05, 4.69) is 28.4 Å². The number of piperazine rings is 1. The van der Waals surface area contributed by atoms with Crippen LogP contribution in [0.1, 0.15) is 17.2 Å². The summed E-state index contributed by atoms with van der Waals surface area (Å²) in [5.41, 5.74) is 2.46. The molecule has 2 aromatic carbocycles. The summed E-state index contributed by atoms with van der Waals surface area (Å²) in [5, 5.41) is 4.20. The van der Waals surface area contributed by atoms with Gasteiger partial charge in [-0.3, -0.25) is 4.90 Å². The fraction of sp³-hybridized carbons (Fsp3) is 0.333. The Bertz CT molecular complexity index is 690. The molecule has 0 bridgehead atoms. The van der Waals surface area contributed by atoms with E-state index in [0.29, 0.717) is 6.04 Å². The quantitative estimate of drug-likeness (QED) is 0.781. The van der Waals surface area contributed by atoms with Gasteiger partial charge in [-0.25, -0.2) is 0 Å². The largest absolute Gasteiger partial charge is 0.457 e. The Morgan fingerprint density at radius 3 is 2.54 bits per heavy atom. The van der Waals surface area contributed by atoms with E-state index in [4.69, 9.17) is 16.3 Å². The summed E-state index contributed by atoms with van der Waals surface area (Å²) in [4.78, 5) is 2.54. The van der Waals surface area contributed by atoms with Crippen LogP contribution >= 0.6 is 36.4 Å². The first kappa shape index (κ1) is 19.4. The van der Waals surface area contributed by atoms with Crippen LogP contribution in [0.2, 0.25) is 5.02 Å². The molecule has 0 spiro atoms. The Kier molecular flexibility index (Phi) is 6.79. The van der Waals surface area contributed by atoms with E-state index in [0.717, 1.165) is 49.1 Å². The monoisotopic (exact) mass is 386 g/mol. The van der Waals surface area contributed by atoms with Crippen LogP contribution in [0.4, 0.5) is 0 Å². The van der Waals surface area contributed by atoms with Crippen molar-refractivity contribution in [1.82, 2.24) is 10.2 Å². The Morgan fingerprint density at radius 1 is 1.00 bits per heavy atom. The van der Waals surface area contributed by atoms with Crippen molar-refractivity contribution >= 4 is 36.4 Å². The molecule has 6 heteroatoms. The summed E-state index contributed by atoms with van der Waals surface area (Å²) in [6.07, 6.45) is 0.962. The second-order valence-electron chi connectivity index (χ2n) is 5.90. The van der Waals surface area contributed by atoms with Gasteiger partial charge in [0, 0.05) is 42.8 Å². The Morgan fingerprint density at radius 2 is 1.75 bits per heavy atom. The standard InChI is InChI=1S/C18H19ClN2O.2ClH/c19-14-5-6-18-15(12-14)16(21-9-7-20-8-10-21)11-13-3-1-2-4-17(13)22-18;;/h1-6,12,16,20H,7-11H2;2*1H. The number of fused-ring (bicyclic) bond motifs is 2. The van der Waals surface area contributed by atoms with Crippen molar-refractivity contribution in [2.45, 2.75) is 12.5 Å². The van der Waals surface area contributed by atoms with Crippen molar-refractivity contribution in [1.29, 1.82) is 0 Å². The predicted molar refractivity (Wildman–Crippen MR) is 103 cm³/mol. The van der Waals surface area contributed by atoms with Gasteiger partial charge in [-0.05, 0) is 36.2 Å².